The first-order valence-electron chi connectivity index (χ1n) is 6.50. The largest absolute Gasteiger partial charge is 0.314 e. The summed E-state index contributed by atoms with van der Waals surface area (Å²) in [6.45, 7) is 3.04. The van der Waals surface area contributed by atoms with Gasteiger partial charge in [0.15, 0.2) is 0 Å². The van der Waals surface area contributed by atoms with Crippen molar-refractivity contribution < 1.29 is 0 Å². The van der Waals surface area contributed by atoms with Crippen LogP contribution in [0.4, 0.5) is 0 Å². The van der Waals surface area contributed by atoms with Crippen molar-refractivity contribution in [3.8, 4) is 0 Å². The molecule has 2 aromatic rings. The fraction of sp³-hybridized carbons (Fsp3) is 0.333. The van der Waals surface area contributed by atoms with Gasteiger partial charge in [0, 0.05) is 25.4 Å². The normalized spacial score (nSPS) is 12.6. The summed E-state index contributed by atoms with van der Waals surface area (Å²) in [4.78, 5) is 1.35. The quantitative estimate of drug-likeness (QED) is 0.676. The molecule has 1 heterocycles. The highest BCUT2D eigenvalue weighted by Gasteiger charge is 2.16. The summed E-state index contributed by atoms with van der Waals surface area (Å²) in [5, 5.41) is 7.10. The van der Waals surface area contributed by atoms with Gasteiger partial charge in [0.1, 0.15) is 0 Å². The van der Waals surface area contributed by atoms with Crippen molar-refractivity contribution in [2.24, 2.45) is 0 Å². The zero-order valence-electron chi connectivity index (χ0n) is 11.1. The molecule has 1 atom stereocenters. The third-order valence-electron chi connectivity index (χ3n) is 3.13. The second kappa shape index (κ2) is 7.81. The number of benzene rings is 1. The Hall–Kier alpha value is -0.0600. The Kier molecular flexibility index (Phi) is 6.37. The van der Waals surface area contributed by atoms with Gasteiger partial charge < -0.3 is 5.32 Å². The van der Waals surface area contributed by atoms with Gasteiger partial charge in [-0.2, -0.15) is 0 Å². The van der Waals surface area contributed by atoms with Crippen LogP contribution in [0, 0.1) is 0 Å². The van der Waals surface area contributed by atoms with Crippen molar-refractivity contribution in [1.82, 2.24) is 5.32 Å². The van der Waals surface area contributed by atoms with E-state index in [9.17, 15) is 0 Å². The molecule has 0 radical (unpaired) electrons. The third kappa shape index (κ3) is 4.22. The van der Waals surface area contributed by atoms with E-state index in [1.54, 1.807) is 11.3 Å². The summed E-state index contributed by atoms with van der Waals surface area (Å²) in [5.74, 6) is 0. The van der Waals surface area contributed by atoms with Crippen molar-refractivity contribution in [1.29, 1.82) is 0 Å². The van der Waals surface area contributed by atoms with E-state index in [-0.39, 0.29) is 0 Å². The number of rotatable bonds is 6. The smallest absolute Gasteiger partial charge is 0.0453 e. The van der Waals surface area contributed by atoms with E-state index >= 15 is 0 Å². The first-order chi connectivity index (χ1) is 9.61. The molecule has 0 fully saturated rings. The number of halogens is 3. The predicted octanol–water partition coefficient (Wildman–Crippen LogP) is 5.58. The van der Waals surface area contributed by atoms with Gasteiger partial charge >= 0.3 is 0 Å². The summed E-state index contributed by atoms with van der Waals surface area (Å²) >= 11 is 17.9. The molecule has 1 aromatic heterocycles. The topological polar surface area (TPSA) is 12.0 Å². The molecule has 0 saturated heterocycles. The Labute approximate surface area is 142 Å². The minimum Gasteiger partial charge on any atom is -0.314 e. The van der Waals surface area contributed by atoms with Crippen LogP contribution in [0.25, 0.3) is 0 Å². The fourth-order valence-electron chi connectivity index (χ4n) is 2.17. The molecule has 0 amide bonds. The van der Waals surface area contributed by atoms with Crippen LogP contribution in [0.5, 0.6) is 0 Å². The van der Waals surface area contributed by atoms with E-state index in [0.29, 0.717) is 6.04 Å². The molecule has 0 bridgehead atoms. The molecule has 0 saturated carbocycles. The van der Waals surface area contributed by atoms with Crippen molar-refractivity contribution in [2.45, 2.75) is 25.8 Å². The summed E-state index contributed by atoms with van der Waals surface area (Å²) in [6, 6.07) is 8.09. The monoisotopic (exact) mass is 391 g/mol. The summed E-state index contributed by atoms with van der Waals surface area (Å²) < 4.78 is 1.18. The highest BCUT2D eigenvalue weighted by atomic mass is 79.9. The van der Waals surface area contributed by atoms with Crippen molar-refractivity contribution in [2.75, 3.05) is 6.54 Å². The molecule has 0 spiro atoms. The van der Waals surface area contributed by atoms with Gasteiger partial charge in [0.25, 0.3) is 0 Å². The Morgan fingerprint density at radius 1 is 1.20 bits per heavy atom. The van der Waals surface area contributed by atoms with Gasteiger partial charge in [-0.25, -0.2) is 0 Å². The molecule has 0 aliphatic carbocycles. The maximum atomic E-state index is 6.27. The van der Waals surface area contributed by atoms with Gasteiger partial charge in [0.05, 0.1) is 0 Å². The van der Waals surface area contributed by atoms with E-state index in [1.165, 1.54) is 9.35 Å². The van der Waals surface area contributed by atoms with E-state index in [1.807, 2.05) is 18.2 Å². The molecule has 1 N–H and O–H groups in total. The highest BCUT2D eigenvalue weighted by Crippen LogP contribution is 2.28. The maximum absolute atomic E-state index is 6.27. The molecule has 2 rings (SSSR count). The molecule has 5 heteroatoms. The molecule has 1 aromatic carbocycles. The lowest BCUT2D eigenvalue weighted by Gasteiger charge is -2.19. The molecule has 108 valence electrons. The second-order valence-corrected chi connectivity index (χ2v) is 7.22. The van der Waals surface area contributed by atoms with Crippen LogP contribution in [0.2, 0.25) is 10.0 Å². The lowest BCUT2D eigenvalue weighted by atomic mass is 10.0. The van der Waals surface area contributed by atoms with Crippen LogP contribution < -0.4 is 5.32 Å². The fourth-order valence-corrected chi connectivity index (χ4v) is 4.32. The van der Waals surface area contributed by atoms with Crippen LogP contribution in [0.15, 0.2) is 34.1 Å². The summed E-state index contributed by atoms with van der Waals surface area (Å²) in [7, 11) is 0. The molecule has 20 heavy (non-hydrogen) atoms. The molecular formula is C15H16BrCl2NS. The summed E-state index contributed by atoms with van der Waals surface area (Å²) in [6.07, 6.45) is 1.80. The van der Waals surface area contributed by atoms with Gasteiger partial charge in [-0.1, -0.05) is 36.2 Å². The van der Waals surface area contributed by atoms with E-state index in [0.717, 1.165) is 35.0 Å². The third-order valence-corrected chi connectivity index (χ3v) is 5.78. The lowest BCUT2D eigenvalue weighted by Crippen LogP contribution is -2.33. The molecule has 1 unspecified atom stereocenters. The van der Waals surface area contributed by atoms with Crippen LogP contribution in [-0.4, -0.2) is 12.6 Å². The number of hydrogen-bond acceptors (Lipinski definition) is 2. The van der Waals surface area contributed by atoms with Gasteiger partial charge in [-0.05, 0) is 64.5 Å². The zero-order valence-corrected chi connectivity index (χ0v) is 15.0. The first-order valence-corrected chi connectivity index (χ1v) is 8.92. The molecule has 1 nitrogen and oxygen atoms in total. The van der Waals surface area contributed by atoms with Crippen LogP contribution in [-0.2, 0) is 12.8 Å². The van der Waals surface area contributed by atoms with Crippen molar-refractivity contribution in [3.63, 3.8) is 0 Å². The zero-order chi connectivity index (χ0) is 14.5. The van der Waals surface area contributed by atoms with E-state index in [4.69, 9.17) is 23.2 Å². The second-order valence-electron chi connectivity index (χ2n) is 4.55. The predicted molar refractivity (Wildman–Crippen MR) is 93.4 cm³/mol. The maximum Gasteiger partial charge on any atom is 0.0453 e. The number of likely N-dealkylation sites (N-methyl/N-ethyl adjacent to an activating group) is 1. The summed E-state index contributed by atoms with van der Waals surface area (Å²) in [5.41, 5.74) is 1.02. The van der Waals surface area contributed by atoms with E-state index < -0.39 is 0 Å². The van der Waals surface area contributed by atoms with Crippen LogP contribution in [0.3, 0.4) is 0 Å². The molecular weight excluding hydrogens is 377 g/mol. The number of thiophene rings is 1. The van der Waals surface area contributed by atoms with Crippen LogP contribution in [0.1, 0.15) is 17.4 Å². The van der Waals surface area contributed by atoms with Crippen LogP contribution >= 0.6 is 50.5 Å². The van der Waals surface area contributed by atoms with Gasteiger partial charge in [-0.15, -0.1) is 11.3 Å². The highest BCUT2D eigenvalue weighted by molar-refractivity contribution is 9.10. The van der Waals surface area contributed by atoms with E-state index in [2.05, 4.69) is 39.6 Å². The first kappa shape index (κ1) is 16.3. The minimum absolute atomic E-state index is 0.326. The standard InChI is InChI=1S/C15H16BrCl2NS/c1-2-19-10(9-15-12(16)6-7-20-15)8-11-13(17)4-3-5-14(11)18/h3-7,10,19H,2,8-9H2,1H3. The van der Waals surface area contributed by atoms with Gasteiger partial charge in [0.2, 0.25) is 0 Å². The Balaban J connectivity index is 2.15. The molecule has 0 aliphatic heterocycles. The Bertz CT molecular complexity index is 551. The minimum atomic E-state index is 0.326. The Morgan fingerprint density at radius 3 is 2.45 bits per heavy atom. The molecule has 0 aliphatic rings. The van der Waals surface area contributed by atoms with Crippen molar-refractivity contribution >= 4 is 50.5 Å². The van der Waals surface area contributed by atoms with Gasteiger partial charge in [-0.3, -0.25) is 0 Å². The Morgan fingerprint density at radius 2 is 1.90 bits per heavy atom. The van der Waals surface area contributed by atoms with Crippen molar-refractivity contribution in [3.05, 3.63) is 54.6 Å². The average molecular weight is 393 g/mol. The SMILES string of the molecule is CCNC(Cc1sccc1Br)Cc1c(Cl)cccc1Cl. The number of nitrogens with one attached hydrogen (secondary N) is 1. The lowest BCUT2D eigenvalue weighted by molar-refractivity contribution is 0.524. The average Bonchev–Trinajstić information content (AvgIpc) is 2.80. The number of hydrogen-bond donors (Lipinski definition) is 1.